The van der Waals surface area contributed by atoms with Crippen LogP contribution in [0.3, 0.4) is 0 Å². The standard InChI is InChI=1S/C16H15IN2O3/c1-21-13-6-3-11(4-7-13)10-18-19-16(20)12-5-8-15(22-2)14(17)9-12/h3-10H,1-2H3,(H,19,20). The Kier molecular flexibility index (Phi) is 5.76. The van der Waals surface area contributed by atoms with E-state index in [0.717, 1.165) is 20.6 Å². The topological polar surface area (TPSA) is 59.9 Å². The molecule has 0 aliphatic rings. The van der Waals surface area contributed by atoms with Gasteiger partial charge in [0.25, 0.3) is 5.91 Å². The van der Waals surface area contributed by atoms with Crippen LogP contribution in [0.2, 0.25) is 0 Å². The zero-order valence-corrected chi connectivity index (χ0v) is 14.3. The highest BCUT2D eigenvalue weighted by Gasteiger charge is 2.07. The Morgan fingerprint density at radius 2 is 1.86 bits per heavy atom. The quantitative estimate of drug-likeness (QED) is 0.468. The zero-order chi connectivity index (χ0) is 15.9. The number of hydrogen-bond acceptors (Lipinski definition) is 4. The van der Waals surface area contributed by atoms with Crippen molar-refractivity contribution in [1.82, 2.24) is 5.43 Å². The van der Waals surface area contributed by atoms with E-state index in [9.17, 15) is 4.79 Å². The maximum atomic E-state index is 12.0. The highest BCUT2D eigenvalue weighted by molar-refractivity contribution is 14.1. The van der Waals surface area contributed by atoms with Gasteiger partial charge in [-0.1, -0.05) is 0 Å². The molecule has 0 saturated heterocycles. The Balaban J connectivity index is 1.99. The van der Waals surface area contributed by atoms with Crippen molar-refractivity contribution in [2.24, 2.45) is 5.10 Å². The van der Waals surface area contributed by atoms with Crippen LogP contribution in [0.5, 0.6) is 11.5 Å². The number of rotatable bonds is 5. The van der Waals surface area contributed by atoms with Crippen molar-refractivity contribution < 1.29 is 14.3 Å². The molecule has 0 spiro atoms. The molecule has 0 heterocycles. The lowest BCUT2D eigenvalue weighted by Crippen LogP contribution is -2.17. The van der Waals surface area contributed by atoms with E-state index in [2.05, 4.69) is 33.1 Å². The fraction of sp³-hybridized carbons (Fsp3) is 0.125. The molecule has 6 heteroatoms. The lowest BCUT2D eigenvalue weighted by molar-refractivity contribution is 0.0955. The lowest BCUT2D eigenvalue weighted by atomic mass is 10.2. The highest BCUT2D eigenvalue weighted by atomic mass is 127. The molecular weight excluding hydrogens is 395 g/mol. The van der Waals surface area contributed by atoms with E-state index in [4.69, 9.17) is 9.47 Å². The molecule has 114 valence electrons. The van der Waals surface area contributed by atoms with E-state index in [1.165, 1.54) is 0 Å². The van der Waals surface area contributed by atoms with Gasteiger partial charge in [-0.15, -0.1) is 0 Å². The summed E-state index contributed by atoms with van der Waals surface area (Å²) in [6, 6.07) is 12.6. The Morgan fingerprint density at radius 1 is 1.14 bits per heavy atom. The van der Waals surface area contributed by atoms with Crippen LogP contribution in [0.25, 0.3) is 0 Å². The van der Waals surface area contributed by atoms with Crippen molar-refractivity contribution in [1.29, 1.82) is 0 Å². The molecule has 0 aromatic heterocycles. The number of nitrogens with one attached hydrogen (secondary N) is 1. The number of hydrazone groups is 1. The molecule has 0 fully saturated rings. The first kappa shape index (κ1) is 16.3. The zero-order valence-electron chi connectivity index (χ0n) is 12.2. The minimum Gasteiger partial charge on any atom is -0.497 e. The van der Waals surface area contributed by atoms with Crippen LogP contribution in [-0.4, -0.2) is 26.3 Å². The Labute approximate surface area is 142 Å². The van der Waals surface area contributed by atoms with Gasteiger partial charge in [-0.05, 0) is 70.6 Å². The number of benzene rings is 2. The molecule has 2 aromatic rings. The molecule has 5 nitrogen and oxygen atoms in total. The number of carbonyl (C=O) groups excluding carboxylic acids is 1. The number of carbonyl (C=O) groups is 1. The van der Waals surface area contributed by atoms with Crippen molar-refractivity contribution in [3.05, 3.63) is 57.2 Å². The van der Waals surface area contributed by atoms with Gasteiger partial charge in [0.2, 0.25) is 0 Å². The van der Waals surface area contributed by atoms with E-state index in [-0.39, 0.29) is 5.91 Å². The summed E-state index contributed by atoms with van der Waals surface area (Å²) in [6.07, 6.45) is 1.58. The first-order chi connectivity index (χ1) is 10.6. The maximum absolute atomic E-state index is 12.0. The summed E-state index contributed by atoms with van der Waals surface area (Å²) in [6.45, 7) is 0. The Morgan fingerprint density at radius 3 is 2.45 bits per heavy atom. The van der Waals surface area contributed by atoms with Gasteiger partial charge < -0.3 is 9.47 Å². The number of halogens is 1. The van der Waals surface area contributed by atoms with Gasteiger partial charge in [-0.25, -0.2) is 5.43 Å². The van der Waals surface area contributed by atoms with Crippen LogP contribution in [0.4, 0.5) is 0 Å². The van der Waals surface area contributed by atoms with Crippen LogP contribution in [0, 0.1) is 3.57 Å². The molecule has 2 aromatic carbocycles. The second-order valence-corrected chi connectivity index (χ2v) is 5.48. The van der Waals surface area contributed by atoms with Crippen molar-refractivity contribution >= 4 is 34.7 Å². The minimum atomic E-state index is -0.273. The van der Waals surface area contributed by atoms with Crippen LogP contribution in [-0.2, 0) is 0 Å². The predicted octanol–water partition coefficient (Wildman–Crippen LogP) is 3.07. The van der Waals surface area contributed by atoms with Gasteiger partial charge in [-0.3, -0.25) is 4.79 Å². The number of amides is 1. The van der Waals surface area contributed by atoms with Crippen LogP contribution in [0.15, 0.2) is 47.6 Å². The van der Waals surface area contributed by atoms with E-state index in [0.29, 0.717) is 5.56 Å². The van der Waals surface area contributed by atoms with Crippen molar-refractivity contribution in [3.63, 3.8) is 0 Å². The maximum Gasteiger partial charge on any atom is 0.271 e. The lowest BCUT2D eigenvalue weighted by Gasteiger charge is -2.05. The van der Waals surface area contributed by atoms with Crippen LogP contribution in [0.1, 0.15) is 15.9 Å². The molecule has 2 rings (SSSR count). The predicted molar refractivity (Wildman–Crippen MR) is 93.8 cm³/mol. The summed E-state index contributed by atoms with van der Waals surface area (Å²) in [5, 5.41) is 3.95. The minimum absolute atomic E-state index is 0.273. The van der Waals surface area contributed by atoms with E-state index in [1.54, 1.807) is 38.6 Å². The van der Waals surface area contributed by atoms with Crippen LogP contribution < -0.4 is 14.9 Å². The van der Waals surface area contributed by atoms with Gasteiger partial charge in [0.15, 0.2) is 0 Å². The fourth-order valence-corrected chi connectivity index (χ4v) is 2.46. The van der Waals surface area contributed by atoms with Gasteiger partial charge in [0, 0.05) is 5.56 Å². The molecule has 0 aliphatic heterocycles. The third kappa shape index (κ3) is 4.20. The summed E-state index contributed by atoms with van der Waals surface area (Å²) in [7, 11) is 3.20. The summed E-state index contributed by atoms with van der Waals surface area (Å²) in [4.78, 5) is 12.0. The molecular formula is C16H15IN2O3. The van der Waals surface area contributed by atoms with Gasteiger partial charge in [0.05, 0.1) is 24.0 Å². The molecule has 1 N–H and O–H groups in total. The van der Waals surface area contributed by atoms with Crippen molar-refractivity contribution in [2.45, 2.75) is 0 Å². The number of nitrogens with zero attached hydrogens (tertiary/aromatic N) is 1. The first-order valence-corrected chi connectivity index (χ1v) is 7.53. The van der Waals surface area contributed by atoms with Crippen molar-refractivity contribution in [2.75, 3.05) is 14.2 Å². The third-order valence-electron chi connectivity index (χ3n) is 2.91. The summed E-state index contributed by atoms with van der Waals surface area (Å²) >= 11 is 2.12. The second-order valence-electron chi connectivity index (χ2n) is 4.32. The molecule has 0 aliphatic carbocycles. The monoisotopic (exact) mass is 410 g/mol. The summed E-state index contributed by atoms with van der Waals surface area (Å²) < 4.78 is 11.1. The fourth-order valence-electron chi connectivity index (χ4n) is 1.73. The Hall–Kier alpha value is -2.09. The van der Waals surface area contributed by atoms with Crippen LogP contribution >= 0.6 is 22.6 Å². The molecule has 0 unspecified atom stereocenters. The summed E-state index contributed by atoms with van der Waals surface area (Å²) in [5.74, 6) is 1.23. The molecule has 22 heavy (non-hydrogen) atoms. The first-order valence-electron chi connectivity index (χ1n) is 6.45. The number of hydrogen-bond donors (Lipinski definition) is 1. The smallest absolute Gasteiger partial charge is 0.271 e. The largest absolute Gasteiger partial charge is 0.497 e. The molecule has 1 amide bonds. The normalized spacial score (nSPS) is 10.5. The van der Waals surface area contributed by atoms with Gasteiger partial charge in [-0.2, -0.15) is 5.10 Å². The average molecular weight is 410 g/mol. The van der Waals surface area contributed by atoms with E-state index >= 15 is 0 Å². The molecule has 0 saturated carbocycles. The number of methoxy groups -OCH3 is 2. The van der Waals surface area contributed by atoms with E-state index in [1.807, 2.05) is 24.3 Å². The SMILES string of the molecule is COc1ccc(C=NNC(=O)c2ccc(OC)c(I)c2)cc1. The average Bonchev–Trinajstić information content (AvgIpc) is 2.55. The van der Waals surface area contributed by atoms with Gasteiger partial charge in [0.1, 0.15) is 11.5 Å². The van der Waals surface area contributed by atoms with E-state index < -0.39 is 0 Å². The second kappa shape index (κ2) is 7.79. The molecule has 0 atom stereocenters. The molecule has 0 bridgehead atoms. The summed E-state index contributed by atoms with van der Waals surface area (Å²) in [5.41, 5.74) is 3.89. The highest BCUT2D eigenvalue weighted by Crippen LogP contribution is 2.21. The van der Waals surface area contributed by atoms with Gasteiger partial charge >= 0.3 is 0 Å². The Bertz CT molecular complexity index is 684. The molecule has 0 radical (unpaired) electrons. The third-order valence-corrected chi connectivity index (χ3v) is 3.75. The van der Waals surface area contributed by atoms with Crippen molar-refractivity contribution in [3.8, 4) is 11.5 Å². The number of ether oxygens (including phenoxy) is 2.